The van der Waals surface area contributed by atoms with E-state index < -0.39 is 5.95 Å². The zero-order valence-electron chi connectivity index (χ0n) is 11.1. The second-order valence-corrected chi connectivity index (χ2v) is 5.64. The molecule has 1 aromatic heterocycles. The molecule has 0 aromatic carbocycles. The average molecular weight is 265 g/mol. The number of aromatic nitrogens is 1. The fraction of sp³-hybridized carbons (Fsp3) is 0.667. The van der Waals surface area contributed by atoms with Gasteiger partial charge >= 0.3 is 0 Å². The van der Waals surface area contributed by atoms with Crippen LogP contribution in [0.3, 0.4) is 0 Å². The fourth-order valence-electron chi connectivity index (χ4n) is 3.25. The highest BCUT2D eigenvalue weighted by Gasteiger charge is 2.39. The Morgan fingerprint density at radius 2 is 2.11 bits per heavy atom. The van der Waals surface area contributed by atoms with Gasteiger partial charge in [0.2, 0.25) is 5.95 Å². The van der Waals surface area contributed by atoms with Crippen LogP contribution >= 0.6 is 0 Å². The van der Waals surface area contributed by atoms with Gasteiger partial charge in [-0.1, -0.05) is 19.3 Å². The molecule has 2 heterocycles. The molecule has 1 saturated carbocycles. The first-order valence-electron chi connectivity index (χ1n) is 7.18. The van der Waals surface area contributed by atoms with Crippen molar-refractivity contribution in [1.29, 1.82) is 0 Å². The molecule has 1 aliphatic carbocycles. The molecule has 1 saturated heterocycles. The number of pyridine rings is 1. The van der Waals surface area contributed by atoms with Gasteiger partial charge in [-0.25, -0.2) is 4.98 Å². The minimum Gasteiger partial charge on any atom is -0.489 e. The van der Waals surface area contributed by atoms with Crippen molar-refractivity contribution < 1.29 is 13.9 Å². The Kier molecular flexibility index (Phi) is 3.69. The molecule has 1 unspecified atom stereocenters. The van der Waals surface area contributed by atoms with Gasteiger partial charge < -0.3 is 9.47 Å². The van der Waals surface area contributed by atoms with Crippen LogP contribution in [-0.4, -0.2) is 23.3 Å². The average Bonchev–Trinajstić information content (AvgIpc) is 2.42. The first-order chi connectivity index (χ1) is 9.26. The monoisotopic (exact) mass is 265 g/mol. The van der Waals surface area contributed by atoms with Crippen molar-refractivity contribution in [2.75, 3.05) is 6.61 Å². The van der Waals surface area contributed by atoms with E-state index in [0.29, 0.717) is 5.75 Å². The van der Waals surface area contributed by atoms with Crippen molar-refractivity contribution in [3.05, 3.63) is 24.3 Å². The van der Waals surface area contributed by atoms with Crippen LogP contribution in [-0.2, 0) is 4.74 Å². The molecule has 0 radical (unpaired) electrons. The van der Waals surface area contributed by atoms with Gasteiger partial charge in [-0.2, -0.15) is 4.39 Å². The smallest absolute Gasteiger partial charge is 0.213 e. The summed E-state index contributed by atoms with van der Waals surface area (Å²) in [7, 11) is 0. The molecule has 4 heteroatoms. The molecule has 0 N–H and O–H groups in total. The normalized spacial score (nSPS) is 26.3. The highest BCUT2D eigenvalue weighted by Crippen LogP contribution is 2.39. The SMILES string of the molecule is Fc1ccc(OC2CCOC3(CCCCC3)C2)cn1. The van der Waals surface area contributed by atoms with Crippen molar-refractivity contribution in [3.8, 4) is 5.75 Å². The Hall–Kier alpha value is -1.16. The van der Waals surface area contributed by atoms with Crippen LogP contribution in [0.15, 0.2) is 18.3 Å². The summed E-state index contributed by atoms with van der Waals surface area (Å²) in [5.41, 5.74) is 0.0363. The van der Waals surface area contributed by atoms with Crippen molar-refractivity contribution in [3.63, 3.8) is 0 Å². The molecule has 1 aromatic rings. The van der Waals surface area contributed by atoms with Gasteiger partial charge in [0.25, 0.3) is 0 Å². The van der Waals surface area contributed by atoms with Crippen molar-refractivity contribution in [1.82, 2.24) is 4.98 Å². The maximum Gasteiger partial charge on any atom is 0.213 e. The molecular weight excluding hydrogens is 245 g/mol. The van der Waals surface area contributed by atoms with Gasteiger partial charge in [-0.15, -0.1) is 0 Å². The number of hydrogen-bond acceptors (Lipinski definition) is 3. The minimum absolute atomic E-state index is 0.0363. The van der Waals surface area contributed by atoms with Crippen LogP contribution in [0.2, 0.25) is 0 Å². The summed E-state index contributed by atoms with van der Waals surface area (Å²) in [6.07, 6.45) is 9.60. The predicted octanol–water partition coefficient (Wildman–Crippen LogP) is 3.48. The van der Waals surface area contributed by atoms with E-state index in [9.17, 15) is 4.39 Å². The molecule has 0 amide bonds. The maximum atomic E-state index is 12.8. The third kappa shape index (κ3) is 3.06. The Morgan fingerprint density at radius 1 is 1.26 bits per heavy atom. The van der Waals surface area contributed by atoms with Crippen LogP contribution in [0.5, 0.6) is 5.75 Å². The first kappa shape index (κ1) is 12.9. The van der Waals surface area contributed by atoms with E-state index in [0.717, 1.165) is 32.3 Å². The van der Waals surface area contributed by atoms with Gasteiger partial charge in [0, 0.05) is 12.8 Å². The molecule has 2 aliphatic rings. The summed E-state index contributed by atoms with van der Waals surface area (Å²) in [6, 6.07) is 2.98. The van der Waals surface area contributed by atoms with Crippen LogP contribution < -0.4 is 4.74 Å². The molecule has 0 bridgehead atoms. The van der Waals surface area contributed by atoms with Gasteiger partial charge in [0.1, 0.15) is 11.9 Å². The molecule has 3 nitrogen and oxygen atoms in total. The molecular formula is C15H20FNO2. The number of hydrogen-bond donors (Lipinski definition) is 0. The lowest BCUT2D eigenvalue weighted by atomic mass is 9.79. The Bertz CT molecular complexity index is 409. The third-order valence-corrected chi connectivity index (χ3v) is 4.22. The Balaban J connectivity index is 1.63. The number of nitrogens with zero attached hydrogens (tertiary/aromatic N) is 1. The van der Waals surface area contributed by atoms with Gasteiger partial charge in [-0.3, -0.25) is 0 Å². The lowest BCUT2D eigenvalue weighted by Crippen LogP contribution is -2.45. The van der Waals surface area contributed by atoms with E-state index in [-0.39, 0.29) is 11.7 Å². The standard InChI is InChI=1S/C15H20FNO2/c16-14-5-4-13(11-17-14)19-12-6-9-18-15(10-12)7-2-1-3-8-15/h4-5,11-12H,1-3,6-10H2. The quantitative estimate of drug-likeness (QED) is 0.767. The molecule has 1 aliphatic heterocycles. The van der Waals surface area contributed by atoms with E-state index in [2.05, 4.69) is 4.98 Å². The summed E-state index contributed by atoms with van der Waals surface area (Å²) in [6.45, 7) is 0.763. The van der Waals surface area contributed by atoms with Crippen molar-refractivity contribution >= 4 is 0 Å². The van der Waals surface area contributed by atoms with Crippen LogP contribution in [0.1, 0.15) is 44.9 Å². The largest absolute Gasteiger partial charge is 0.489 e. The van der Waals surface area contributed by atoms with Crippen molar-refractivity contribution in [2.45, 2.75) is 56.7 Å². The van der Waals surface area contributed by atoms with Crippen LogP contribution in [0.25, 0.3) is 0 Å². The lowest BCUT2D eigenvalue weighted by Gasteiger charge is -2.43. The van der Waals surface area contributed by atoms with Gasteiger partial charge in [0.05, 0.1) is 18.4 Å². The van der Waals surface area contributed by atoms with E-state index >= 15 is 0 Å². The molecule has 1 spiro atoms. The van der Waals surface area contributed by atoms with Crippen molar-refractivity contribution in [2.24, 2.45) is 0 Å². The first-order valence-corrected chi connectivity index (χ1v) is 7.18. The fourth-order valence-corrected chi connectivity index (χ4v) is 3.25. The second-order valence-electron chi connectivity index (χ2n) is 5.64. The molecule has 1 atom stereocenters. The van der Waals surface area contributed by atoms with E-state index in [4.69, 9.17) is 9.47 Å². The molecule has 104 valence electrons. The maximum absolute atomic E-state index is 12.8. The highest BCUT2D eigenvalue weighted by atomic mass is 19.1. The second kappa shape index (κ2) is 5.45. The number of halogens is 1. The van der Waals surface area contributed by atoms with Crippen LogP contribution in [0, 0.1) is 5.95 Å². The zero-order valence-corrected chi connectivity index (χ0v) is 11.1. The summed E-state index contributed by atoms with van der Waals surface area (Å²) < 4.78 is 24.7. The molecule has 2 fully saturated rings. The topological polar surface area (TPSA) is 31.4 Å². The Labute approximate surface area is 113 Å². The summed E-state index contributed by atoms with van der Waals surface area (Å²) in [5, 5.41) is 0. The van der Waals surface area contributed by atoms with E-state index in [1.54, 1.807) is 6.07 Å². The number of rotatable bonds is 2. The zero-order chi connectivity index (χ0) is 13.1. The number of ether oxygens (including phenoxy) is 2. The lowest BCUT2D eigenvalue weighted by molar-refractivity contribution is -0.129. The van der Waals surface area contributed by atoms with E-state index in [1.165, 1.54) is 31.5 Å². The summed E-state index contributed by atoms with van der Waals surface area (Å²) in [4.78, 5) is 3.63. The highest BCUT2D eigenvalue weighted by molar-refractivity contribution is 5.16. The summed E-state index contributed by atoms with van der Waals surface area (Å²) >= 11 is 0. The predicted molar refractivity (Wildman–Crippen MR) is 69.6 cm³/mol. The molecule has 3 rings (SSSR count). The van der Waals surface area contributed by atoms with E-state index in [1.807, 2.05) is 0 Å². The van der Waals surface area contributed by atoms with Gasteiger partial charge in [-0.05, 0) is 25.0 Å². The minimum atomic E-state index is -0.469. The van der Waals surface area contributed by atoms with Crippen LogP contribution in [0.4, 0.5) is 4.39 Å². The third-order valence-electron chi connectivity index (χ3n) is 4.22. The summed E-state index contributed by atoms with van der Waals surface area (Å²) in [5.74, 6) is 0.183. The molecule has 19 heavy (non-hydrogen) atoms. The Morgan fingerprint density at radius 3 is 2.84 bits per heavy atom. The van der Waals surface area contributed by atoms with Gasteiger partial charge in [0.15, 0.2) is 0 Å².